The fraction of sp³-hybridized carbons (Fsp3) is 0.286. The molecule has 1 heterocycles. The molecule has 0 saturated carbocycles. The van der Waals surface area contributed by atoms with Crippen LogP contribution in [0, 0.1) is 17.6 Å². The summed E-state index contributed by atoms with van der Waals surface area (Å²) in [5.41, 5.74) is 4.69. The number of aromatic nitrogens is 1. The van der Waals surface area contributed by atoms with E-state index in [0.29, 0.717) is 6.07 Å². The highest BCUT2D eigenvalue weighted by Crippen LogP contribution is 2.14. The first-order chi connectivity index (χ1) is 6.06. The minimum absolute atomic E-state index is 0.340. The number of halogens is 3. The minimum atomic E-state index is -1.43. The second-order valence-electron chi connectivity index (χ2n) is 2.42. The topological polar surface area (TPSA) is 59.1 Å². The number of aliphatic hydroxyl groups is 1. The molecule has 0 aromatic carbocycles. The van der Waals surface area contributed by atoms with E-state index in [1.54, 1.807) is 0 Å². The van der Waals surface area contributed by atoms with Gasteiger partial charge in [0, 0.05) is 6.07 Å². The predicted octanol–water partition coefficient (Wildman–Crippen LogP) is 0.491. The van der Waals surface area contributed by atoms with Crippen LogP contribution in [0.5, 0.6) is 0 Å². The van der Waals surface area contributed by atoms with Crippen LogP contribution in [0.15, 0.2) is 6.07 Å². The van der Waals surface area contributed by atoms with Crippen molar-refractivity contribution < 1.29 is 18.3 Å². The lowest BCUT2D eigenvalue weighted by molar-refractivity contribution is 0.261. The summed E-state index contributed by atoms with van der Waals surface area (Å²) in [6, 6.07) is -0.803. The van der Waals surface area contributed by atoms with Crippen molar-refractivity contribution in [3.63, 3.8) is 0 Å². The highest BCUT2D eigenvalue weighted by molar-refractivity contribution is 5.13. The van der Waals surface area contributed by atoms with Gasteiger partial charge in [0.1, 0.15) is 5.82 Å². The Hall–Kier alpha value is -1.14. The number of nitrogens with zero attached hydrogens (tertiary/aromatic N) is 1. The Morgan fingerprint density at radius 3 is 2.54 bits per heavy atom. The number of aliphatic hydroxyl groups excluding tert-OH is 1. The molecular formula is C7H7F3N2O. The smallest absolute Gasteiger partial charge is 0.249 e. The molecule has 1 rings (SSSR count). The van der Waals surface area contributed by atoms with E-state index in [-0.39, 0.29) is 0 Å². The number of rotatable bonds is 2. The van der Waals surface area contributed by atoms with E-state index in [1.165, 1.54) is 0 Å². The third-order valence-corrected chi connectivity index (χ3v) is 1.46. The minimum Gasteiger partial charge on any atom is -0.394 e. The van der Waals surface area contributed by atoms with Crippen molar-refractivity contribution in [3.05, 3.63) is 29.3 Å². The molecule has 0 aliphatic heterocycles. The Morgan fingerprint density at radius 2 is 2.00 bits per heavy atom. The molecule has 0 spiro atoms. The van der Waals surface area contributed by atoms with E-state index in [1.807, 2.05) is 0 Å². The molecule has 1 aromatic heterocycles. The molecule has 3 nitrogen and oxygen atoms in total. The van der Waals surface area contributed by atoms with Crippen molar-refractivity contribution in [3.8, 4) is 0 Å². The van der Waals surface area contributed by atoms with Gasteiger partial charge < -0.3 is 10.8 Å². The zero-order chi connectivity index (χ0) is 10.0. The maximum atomic E-state index is 12.8. The zero-order valence-electron chi connectivity index (χ0n) is 6.47. The zero-order valence-corrected chi connectivity index (χ0v) is 6.47. The van der Waals surface area contributed by atoms with Gasteiger partial charge in [-0.15, -0.1) is 0 Å². The number of nitrogens with two attached hydrogens (primary N) is 1. The van der Waals surface area contributed by atoms with Gasteiger partial charge in [0.15, 0.2) is 5.82 Å². The quantitative estimate of drug-likeness (QED) is 0.670. The van der Waals surface area contributed by atoms with Gasteiger partial charge in [-0.3, -0.25) is 0 Å². The average Bonchev–Trinajstić information content (AvgIpc) is 2.10. The molecule has 13 heavy (non-hydrogen) atoms. The molecule has 3 N–H and O–H groups in total. The highest BCUT2D eigenvalue weighted by atomic mass is 19.2. The van der Waals surface area contributed by atoms with Crippen molar-refractivity contribution in [2.24, 2.45) is 5.73 Å². The standard InChI is InChI=1S/C7H7F3N2O/c8-3-1-4(9)7(10)12-6(3)5(11)2-13/h1,5,13H,2,11H2. The summed E-state index contributed by atoms with van der Waals surface area (Å²) in [7, 11) is 0. The first-order valence-electron chi connectivity index (χ1n) is 3.44. The predicted molar refractivity (Wildman–Crippen MR) is 38.1 cm³/mol. The SMILES string of the molecule is NC(CO)c1nc(F)c(F)cc1F. The Kier molecular flexibility index (Phi) is 2.84. The van der Waals surface area contributed by atoms with E-state index < -0.39 is 35.9 Å². The van der Waals surface area contributed by atoms with E-state index in [9.17, 15) is 13.2 Å². The third kappa shape index (κ3) is 1.96. The third-order valence-electron chi connectivity index (χ3n) is 1.46. The lowest BCUT2D eigenvalue weighted by atomic mass is 10.2. The van der Waals surface area contributed by atoms with E-state index in [4.69, 9.17) is 10.8 Å². The summed E-state index contributed by atoms with van der Waals surface area (Å²) in [4.78, 5) is 2.94. The normalized spacial score (nSPS) is 13.0. The van der Waals surface area contributed by atoms with Crippen molar-refractivity contribution >= 4 is 0 Å². The Bertz CT molecular complexity index is 319. The van der Waals surface area contributed by atoms with Crippen LogP contribution in [0.25, 0.3) is 0 Å². The molecule has 0 bridgehead atoms. The van der Waals surface area contributed by atoms with Gasteiger partial charge in [0.05, 0.1) is 18.3 Å². The van der Waals surface area contributed by atoms with E-state index in [0.717, 1.165) is 0 Å². The largest absolute Gasteiger partial charge is 0.394 e. The molecule has 0 aliphatic carbocycles. The maximum absolute atomic E-state index is 12.8. The molecule has 0 aliphatic rings. The average molecular weight is 192 g/mol. The monoisotopic (exact) mass is 192 g/mol. The van der Waals surface area contributed by atoms with Gasteiger partial charge in [-0.25, -0.2) is 13.8 Å². The van der Waals surface area contributed by atoms with E-state index >= 15 is 0 Å². The molecule has 0 amide bonds. The summed E-state index contributed by atoms with van der Waals surface area (Å²) in [5, 5.41) is 8.52. The molecule has 0 fully saturated rings. The number of pyridine rings is 1. The van der Waals surface area contributed by atoms with Gasteiger partial charge in [-0.2, -0.15) is 4.39 Å². The molecular weight excluding hydrogens is 185 g/mol. The van der Waals surface area contributed by atoms with Crippen molar-refractivity contribution in [2.75, 3.05) is 6.61 Å². The fourth-order valence-corrected chi connectivity index (χ4v) is 0.804. The van der Waals surface area contributed by atoms with Crippen molar-refractivity contribution in [2.45, 2.75) is 6.04 Å². The second kappa shape index (κ2) is 3.71. The second-order valence-corrected chi connectivity index (χ2v) is 2.42. The van der Waals surface area contributed by atoms with Crippen LogP contribution in [-0.4, -0.2) is 16.7 Å². The van der Waals surface area contributed by atoms with Crippen LogP contribution in [0.1, 0.15) is 11.7 Å². The van der Waals surface area contributed by atoms with Gasteiger partial charge in [-0.1, -0.05) is 0 Å². The van der Waals surface area contributed by atoms with Crippen LogP contribution in [0.4, 0.5) is 13.2 Å². The van der Waals surface area contributed by atoms with E-state index in [2.05, 4.69) is 4.98 Å². The summed E-state index contributed by atoms with van der Waals surface area (Å²) in [5.74, 6) is -3.88. The van der Waals surface area contributed by atoms with Gasteiger partial charge in [0.2, 0.25) is 5.95 Å². The number of hydrogen-bond donors (Lipinski definition) is 2. The Morgan fingerprint density at radius 1 is 1.38 bits per heavy atom. The van der Waals surface area contributed by atoms with Crippen molar-refractivity contribution in [1.82, 2.24) is 4.98 Å². The lowest BCUT2D eigenvalue weighted by Crippen LogP contribution is -2.19. The maximum Gasteiger partial charge on any atom is 0.249 e. The summed E-state index contributed by atoms with van der Waals surface area (Å²) < 4.78 is 37.6. The molecule has 72 valence electrons. The molecule has 6 heteroatoms. The summed E-state index contributed by atoms with van der Waals surface area (Å²) >= 11 is 0. The van der Waals surface area contributed by atoms with Crippen molar-refractivity contribution in [1.29, 1.82) is 0 Å². The summed E-state index contributed by atoms with van der Waals surface area (Å²) in [6.07, 6.45) is 0. The Balaban J connectivity index is 3.15. The summed E-state index contributed by atoms with van der Waals surface area (Å²) in [6.45, 7) is -0.588. The molecule has 1 unspecified atom stereocenters. The van der Waals surface area contributed by atoms with Crippen LogP contribution in [0.3, 0.4) is 0 Å². The molecule has 1 atom stereocenters. The Labute approximate surface area is 72.0 Å². The van der Waals surface area contributed by atoms with Crippen LogP contribution < -0.4 is 5.73 Å². The first-order valence-corrected chi connectivity index (χ1v) is 3.44. The first kappa shape index (κ1) is 9.94. The van der Waals surface area contributed by atoms with Gasteiger partial charge in [-0.05, 0) is 0 Å². The highest BCUT2D eigenvalue weighted by Gasteiger charge is 2.16. The fourth-order valence-electron chi connectivity index (χ4n) is 0.804. The van der Waals surface area contributed by atoms with Gasteiger partial charge >= 0.3 is 0 Å². The lowest BCUT2D eigenvalue weighted by Gasteiger charge is -2.08. The molecule has 0 saturated heterocycles. The van der Waals surface area contributed by atoms with Gasteiger partial charge in [0.25, 0.3) is 0 Å². The van der Waals surface area contributed by atoms with Crippen LogP contribution in [-0.2, 0) is 0 Å². The molecule has 0 radical (unpaired) electrons. The number of hydrogen-bond acceptors (Lipinski definition) is 3. The van der Waals surface area contributed by atoms with Crippen LogP contribution >= 0.6 is 0 Å². The molecule has 1 aromatic rings. The van der Waals surface area contributed by atoms with Crippen LogP contribution in [0.2, 0.25) is 0 Å².